The van der Waals surface area contributed by atoms with Crippen molar-refractivity contribution in [3.05, 3.63) is 0 Å². The minimum absolute atomic E-state index is 0.0160. The first kappa shape index (κ1) is 43.9. The third kappa shape index (κ3) is 31.8. The fourth-order valence-electron chi connectivity index (χ4n) is 5.86. The Morgan fingerprint density at radius 1 is 0.391 bits per heavy atom. The molecule has 46 heavy (non-hydrogen) atoms. The summed E-state index contributed by atoms with van der Waals surface area (Å²) < 4.78 is 11.3. The molecule has 0 rings (SSSR count). The summed E-state index contributed by atoms with van der Waals surface area (Å²) in [5.74, 6) is -2.24. The van der Waals surface area contributed by atoms with E-state index < -0.39 is 11.9 Å². The van der Waals surface area contributed by atoms with E-state index in [0.29, 0.717) is 12.8 Å². The fourth-order valence-corrected chi connectivity index (χ4v) is 5.86. The fraction of sp³-hybridized carbons (Fsp3) is 0.895. The molecule has 0 bridgehead atoms. The zero-order valence-electron chi connectivity index (χ0n) is 29.7. The van der Waals surface area contributed by atoms with Crippen LogP contribution in [-0.2, 0) is 28.7 Å². The van der Waals surface area contributed by atoms with Crippen LogP contribution in [0.3, 0.4) is 0 Å². The standard InChI is InChI=1S/C38H70O8/c1-3-5-25-33(45-37(43)31-23-29-35(39)40)27-21-19-17-15-13-11-9-7-8-10-12-14-16-18-20-22-28-34(26-6-4-2)46-38(44)32-24-30-36(41)42/h33-34H,3-32H2,1-2H3,(H,39,40)(H,41,42). The van der Waals surface area contributed by atoms with Crippen molar-refractivity contribution in [2.75, 3.05) is 0 Å². The molecular weight excluding hydrogens is 584 g/mol. The van der Waals surface area contributed by atoms with Crippen LogP contribution in [0.5, 0.6) is 0 Å². The van der Waals surface area contributed by atoms with Crippen molar-refractivity contribution >= 4 is 23.9 Å². The van der Waals surface area contributed by atoms with Crippen molar-refractivity contribution in [1.82, 2.24) is 0 Å². The van der Waals surface area contributed by atoms with Gasteiger partial charge in [0.25, 0.3) is 0 Å². The lowest BCUT2D eigenvalue weighted by atomic mass is 10.0. The highest BCUT2D eigenvalue weighted by Gasteiger charge is 2.15. The number of carboxylic acid groups (broad SMARTS) is 2. The molecule has 0 amide bonds. The van der Waals surface area contributed by atoms with Crippen LogP contribution in [0.4, 0.5) is 0 Å². The van der Waals surface area contributed by atoms with Crippen LogP contribution in [0.2, 0.25) is 0 Å². The molecule has 0 aromatic rings. The predicted octanol–water partition coefficient (Wildman–Crippen LogP) is 10.7. The molecule has 0 heterocycles. The van der Waals surface area contributed by atoms with E-state index in [9.17, 15) is 19.2 Å². The predicted molar refractivity (Wildman–Crippen MR) is 185 cm³/mol. The smallest absolute Gasteiger partial charge is 0.306 e. The number of hydrogen-bond acceptors (Lipinski definition) is 6. The molecule has 0 fully saturated rings. The third-order valence-corrected chi connectivity index (χ3v) is 8.70. The Morgan fingerprint density at radius 2 is 0.652 bits per heavy atom. The topological polar surface area (TPSA) is 127 Å². The number of aliphatic carboxylic acids is 2. The summed E-state index contributed by atoms with van der Waals surface area (Å²) >= 11 is 0. The Balaban J connectivity index is 3.67. The zero-order chi connectivity index (χ0) is 34.1. The number of ether oxygens (including phenoxy) is 2. The highest BCUT2D eigenvalue weighted by atomic mass is 16.5. The molecular formula is C38H70O8. The summed E-state index contributed by atoms with van der Waals surface area (Å²) in [4.78, 5) is 45.4. The maximum absolute atomic E-state index is 12.0. The van der Waals surface area contributed by atoms with Crippen molar-refractivity contribution < 1.29 is 38.9 Å². The van der Waals surface area contributed by atoms with Crippen LogP contribution in [-0.4, -0.2) is 46.3 Å². The largest absolute Gasteiger partial charge is 0.481 e. The number of unbranched alkanes of at least 4 members (excludes halogenated alkanes) is 17. The van der Waals surface area contributed by atoms with E-state index in [1.807, 2.05) is 0 Å². The zero-order valence-corrected chi connectivity index (χ0v) is 29.7. The number of carbonyl (C=O) groups is 4. The molecule has 0 aromatic carbocycles. The quantitative estimate of drug-likeness (QED) is 0.0510. The van der Waals surface area contributed by atoms with Crippen molar-refractivity contribution in [3.63, 3.8) is 0 Å². The van der Waals surface area contributed by atoms with Gasteiger partial charge >= 0.3 is 23.9 Å². The van der Waals surface area contributed by atoms with Crippen LogP contribution in [0.15, 0.2) is 0 Å². The van der Waals surface area contributed by atoms with Gasteiger partial charge in [-0.1, -0.05) is 129 Å². The maximum atomic E-state index is 12.0. The molecule has 2 atom stereocenters. The summed E-state index contributed by atoms with van der Waals surface area (Å²) in [6.07, 6.45) is 29.2. The van der Waals surface area contributed by atoms with Gasteiger partial charge in [0.15, 0.2) is 0 Å². The molecule has 0 aliphatic heterocycles. The van der Waals surface area contributed by atoms with E-state index in [0.717, 1.165) is 64.2 Å². The molecule has 0 saturated carbocycles. The van der Waals surface area contributed by atoms with Crippen molar-refractivity contribution in [2.24, 2.45) is 0 Å². The van der Waals surface area contributed by atoms with E-state index in [4.69, 9.17) is 19.7 Å². The molecule has 0 aromatic heterocycles. The molecule has 0 aliphatic rings. The minimum Gasteiger partial charge on any atom is -0.481 e. The third-order valence-electron chi connectivity index (χ3n) is 8.70. The van der Waals surface area contributed by atoms with Gasteiger partial charge in [-0.15, -0.1) is 0 Å². The SMILES string of the molecule is CCCCC(CCCCCCCCCCCCCCCCCCC(CCCC)OC(=O)CCCC(=O)O)OC(=O)CCCC(=O)O. The summed E-state index contributed by atoms with van der Waals surface area (Å²) in [7, 11) is 0. The summed E-state index contributed by atoms with van der Waals surface area (Å²) in [6, 6.07) is 0. The highest BCUT2D eigenvalue weighted by molar-refractivity contribution is 5.72. The van der Waals surface area contributed by atoms with Gasteiger partial charge in [0.05, 0.1) is 0 Å². The Hall–Kier alpha value is -2.12. The van der Waals surface area contributed by atoms with Gasteiger partial charge in [0, 0.05) is 25.7 Å². The minimum atomic E-state index is -0.869. The lowest BCUT2D eigenvalue weighted by Gasteiger charge is -2.17. The van der Waals surface area contributed by atoms with Gasteiger partial charge in [0.1, 0.15) is 12.2 Å². The van der Waals surface area contributed by atoms with E-state index in [2.05, 4.69) is 13.8 Å². The lowest BCUT2D eigenvalue weighted by Crippen LogP contribution is -2.18. The average Bonchev–Trinajstić information content (AvgIpc) is 3.01. The molecule has 0 radical (unpaired) electrons. The second-order valence-corrected chi connectivity index (χ2v) is 13.2. The van der Waals surface area contributed by atoms with Gasteiger partial charge in [-0.3, -0.25) is 19.2 Å². The van der Waals surface area contributed by atoms with Gasteiger partial charge in [-0.25, -0.2) is 0 Å². The molecule has 8 nitrogen and oxygen atoms in total. The lowest BCUT2D eigenvalue weighted by molar-refractivity contribution is -0.151. The van der Waals surface area contributed by atoms with E-state index >= 15 is 0 Å². The molecule has 8 heteroatoms. The molecule has 0 saturated heterocycles. The van der Waals surface area contributed by atoms with Crippen LogP contribution in [0, 0.1) is 0 Å². The van der Waals surface area contributed by atoms with Crippen LogP contribution in [0.25, 0.3) is 0 Å². The monoisotopic (exact) mass is 655 g/mol. The Morgan fingerprint density at radius 3 is 0.913 bits per heavy atom. The number of carbonyl (C=O) groups excluding carboxylic acids is 2. The number of carboxylic acids is 2. The van der Waals surface area contributed by atoms with E-state index in [1.165, 1.54) is 89.9 Å². The number of esters is 2. The summed E-state index contributed by atoms with van der Waals surface area (Å²) in [5, 5.41) is 17.5. The first-order chi connectivity index (χ1) is 22.3. The first-order valence-corrected chi connectivity index (χ1v) is 19.1. The summed E-state index contributed by atoms with van der Waals surface area (Å²) in [5.41, 5.74) is 0. The molecule has 2 unspecified atom stereocenters. The highest BCUT2D eigenvalue weighted by Crippen LogP contribution is 2.19. The van der Waals surface area contributed by atoms with E-state index in [1.54, 1.807) is 0 Å². The van der Waals surface area contributed by atoms with Gasteiger partial charge in [-0.05, 0) is 51.4 Å². The van der Waals surface area contributed by atoms with Crippen LogP contribution in [0.1, 0.15) is 206 Å². The second-order valence-electron chi connectivity index (χ2n) is 13.2. The average molecular weight is 655 g/mol. The molecule has 270 valence electrons. The Bertz CT molecular complexity index is 691. The van der Waals surface area contributed by atoms with Gasteiger partial charge in [0.2, 0.25) is 0 Å². The molecule has 0 spiro atoms. The first-order valence-electron chi connectivity index (χ1n) is 19.1. The normalized spacial score (nSPS) is 12.5. The number of rotatable bonds is 35. The molecule has 0 aliphatic carbocycles. The Labute approximate surface area is 281 Å². The van der Waals surface area contributed by atoms with E-state index in [-0.39, 0.29) is 49.8 Å². The molecule has 2 N–H and O–H groups in total. The van der Waals surface area contributed by atoms with Crippen molar-refractivity contribution in [1.29, 1.82) is 0 Å². The number of hydrogen-bond donors (Lipinski definition) is 2. The van der Waals surface area contributed by atoms with Crippen molar-refractivity contribution in [3.8, 4) is 0 Å². The second kappa shape index (κ2) is 32.8. The summed E-state index contributed by atoms with van der Waals surface area (Å²) in [6.45, 7) is 4.28. The Kier molecular flexibility index (Phi) is 31.3. The van der Waals surface area contributed by atoms with Gasteiger partial charge < -0.3 is 19.7 Å². The van der Waals surface area contributed by atoms with Crippen LogP contribution < -0.4 is 0 Å². The van der Waals surface area contributed by atoms with Crippen molar-refractivity contribution in [2.45, 2.75) is 219 Å². The van der Waals surface area contributed by atoms with Crippen LogP contribution >= 0.6 is 0 Å². The maximum Gasteiger partial charge on any atom is 0.306 e. The van der Waals surface area contributed by atoms with Gasteiger partial charge in [-0.2, -0.15) is 0 Å².